The van der Waals surface area contributed by atoms with Gasteiger partial charge in [0.1, 0.15) is 29.9 Å². The molecule has 0 unspecified atom stereocenters. The molecule has 1 fully saturated rings. The summed E-state index contributed by atoms with van der Waals surface area (Å²) in [6.45, 7) is 4.76. The molecule has 0 bridgehead atoms. The molecule has 2 rings (SSSR count). The molecular weight excluding hydrogens is 538 g/mol. The third kappa shape index (κ3) is 10.6. The first-order valence-electron chi connectivity index (χ1n) is 13.6. The summed E-state index contributed by atoms with van der Waals surface area (Å²) in [4.78, 5) is 63.2. The lowest BCUT2D eigenvalue weighted by molar-refractivity contribution is -0.143. The predicted octanol–water partition coefficient (Wildman–Crippen LogP) is -1.87. The summed E-state index contributed by atoms with van der Waals surface area (Å²) in [5.74, 6) is -4.44. The normalized spacial score (nSPS) is 18.4. The van der Waals surface area contributed by atoms with Gasteiger partial charge in [-0.1, -0.05) is 26.0 Å². The highest BCUT2D eigenvalue weighted by Crippen LogP contribution is 2.12. The van der Waals surface area contributed by atoms with Gasteiger partial charge in [0.05, 0.1) is 18.8 Å². The number of amides is 4. The first-order chi connectivity index (χ1) is 19.3. The van der Waals surface area contributed by atoms with Crippen LogP contribution in [0.3, 0.4) is 0 Å². The minimum atomic E-state index is -1.62. The maximum absolute atomic E-state index is 13.0. The molecule has 41 heavy (non-hydrogen) atoms. The molecule has 0 saturated carbocycles. The number of benzene rings is 1. The molecule has 14 heteroatoms. The van der Waals surface area contributed by atoms with Crippen molar-refractivity contribution < 1.29 is 44.4 Å². The first kappa shape index (κ1) is 33.5. The molecular formula is C27H41N5O9. The zero-order valence-electron chi connectivity index (χ0n) is 23.4. The van der Waals surface area contributed by atoms with E-state index in [1.54, 1.807) is 0 Å². The fraction of sp³-hybridized carbons (Fsp3) is 0.593. The van der Waals surface area contributed by atoms with Gasteiger partial charge in [-0.2, -0.15) is 0 Å². The summed E-state index contributed by atoms with van der Waals surface area (Å²) in [5, 5.41) is 51.6. The monoisotopic (exact) mass is 579 g/mol. The summed E-state index contributed by atoms with van der Waals surface area (Å²) < 4.78 is 0. The molecule has 1 aliphatic heterocycles. The van der Waals surface area contributed by atoms with Crippen molar-refractivity contribution in [3.8, 4) is 5.75 Å². The Morgan fingerprint density at radius 1 is 0.902 bits per heavy atom. The molecule has 228 valence electrons. The maximum Gasteiger partial charge on any atom is 0.326 e. The van der Waals surface area contributed by atoms with E-state index in [9.17, 15) is 44.4 Å². The van der Waals surface area contributed by atoms with Crippen LogP contribution in [0, 0.1) is 5.92 Å². The van der Waals surface area contributed by atoms with Crippen molar-refractivity contribution in [3.05, 3.63) is 29.8 Å². The van der Waals surface area contributed by atoms with Crippen LogP contribution >= 0.6 is 0 Å². The molecule has 9 N–H and O–H groups in total. The Morgan fingerprint density at radius 3 is 2.02 bits per heavy atom. The fourth-order valence-corrected chi connectivity index (χ4v) is 4.34. The van der Waals surface area contributed by atoms with E-state index in [1.807, 2.05) is 13.8 Å². The van der Waals surface area contributed by atoms with Crippen LogP contribution in [0.4, 0.5) is 0 Å². The molecule has 1 saturated heterocycles. The first-order valence-corrected chi connectivity index (χ1v) is 13.6. The van der Waals surface area contributed by atoms with Gasteiger partial charge in [-0.15, -0.1) is 0 Å². The lowest BCUT2D eigenvalue weighted by Gasteiger charge is -2.27. The molecule has 1 heterocycles. The second-order valence-corrected chi connectivity index (χ2v) is 10.6. The Kier molecular flexibility index (Phi) is 13.0. The Hall–Kier alpha value is -3.75. The minimum Gasteiger partial charge on any atom is -0.508 e. The van der Waals surface area contributed by atoms with Crippen LogP contribution < -0.4 is 26.6 Å². The average Bonchev–Trinajstić information content (AvgIpc) is 3.45. The Bertz CT molecular complexity index is 1060. The highest BCUT2D eigenvalue weighted by Gasteiger charge is 2.34. The van der Waals surface area contributed by atoms with Gasteiger partial charge in [0.2, 0.25) is 23.6 Å². The zero-order valence-corrected chi connectivity index (χ0v) is 23.4. The molecule has 1 aromatic carbocycles. The van der Waals surface area contributed by atoms with Crippen molar-refractivity contribution in [1.29, 1.82) is 0 Å². The van der Waals surface area contributed by atoms with E-state index in [0.717, 1.165) is 6.42 Å². The van der Waals surface area contributed by atoms with Gasteiger partial charge in [-0.05, 0) is 56.3 Å². The van der Waals surface area contributed by atoms with Crippen LogP contribution in [0.25, 0.3) is 0 Å². The Labute approximate surface area is 238 Å². The largest absolute Gasteiger partial charge is 0.508 e. The van der Waals surface area contributed by atoms with Crippen molar-refractivity contribution in [2.45, 2.75) is 82.8 Å². The van der Waals surface area contributed by atoms with E-state index in [0.29, 0.717) is 18.5 Å². The van der Waals surface area contributed by atoms with Gasteiger partial charge in [0, 0.05) is 6.42 Å². The minimum absolute atomic E-state index is 0.0102. The van der Waals surface area contributed by atoms with Crippen molar-refractivity contribution in [2.75, 3.05) is 13.2 Å². The molecule has 4 amide bonds. The molecule has 0 radical (unpaired) electrons. The number of nitrogens with one attached hydrogen (secondary N) is 5. The van der Waals surface area contributed by atoms with Gasteiger partial charge >= 0.3 is 5.97 Å². The van der Waals surface area contributed by atoms with E-state index in [-0.39, 0.29) is 30.4 Å². The SMILES string of the molecule is CC(C)C[C@H](NC(=O)[C@@H]1CCCN1)C(=O)N[C@@H](CO)C(=O)N[C@H](C(=O)N[C@@H](Cc1ccc(O)cc1)C(=O)O)[C@@H](C)O. The summed E-state index contributed by atoms with van der Waals surface area (Å²) in [6, 6.07) is -0.287. The van der Waals surface area contributed by atoms with E-state index in [4.69, 9.17) is 0 Å². The van der Waals surface area contributed by atoms with Crippen molar-refractivity contribution in [2.24, 2.45) is 5.92 Å². The predicted molar refractivity (Wildman–Crippen MR) is 146 cm³/mol. The van der Waals surface area contributed by atoms with Crippen molar-refractivity contribution in [1.82, 2.24) is 26.6 Å². The Morgan fingerprint density at radius 2 is 1.51 bits per heavy atom. The van der Waals surface area contributed by atoms with Gasteiger partial charge in [-0.25, -0.2) is 4.79 Å². The number of carbonyl (C=O) groups excluding carboxylic acids is 4. The highest BCUT2D eigenvalue weighted by molar-refractivity contribution is 5.95. The van der Waals surface area contributed by atoms with E-state index in [2.05, 4.69) is 26.6 Å². The second-order valence-electron chi connectivity index (χ2n) is 10.6. The van der Waals surface area contributed by atoms with Crippen LogP contribution in [-0.2, 0) is 30.4 Å². The molecule has 0 spiro atoms. The van der Waals surface area contributed by atoms with Gasteiger partial charge in [-0.3, -0.25) is 19.2 Å². The Balaban J connectivity index is 2.07. The average molecular weight is 580 g/mol. The highest BCUT2D eigenvalue weighted by atomic mass is 16.4. The van der Waals surface area contributed by atoms with Crippen LogP contribution in [0.5, 0.6) is 5.75 Å². The number of aromatic hydroxyl groups is 1. The van der Waals surface area contributed by atoms with Crippen molar-refractivity contribution in [3.63, 3.8) is 0 Å². The summed E-state index contributed by atoms with van der Waals surface area (Å²) >= 11 is 0. The number of carboxylic acid groups (broad SMARTS) is 1. The second kappa shape index (κ2) is 15.9. The van der Waals surface area contributed by atoms with Gasteiger partial charge in [0.25, 0.3) is 0 Å². The van der Waals surface area contributed by atoms with Gasteiger partial charge < -0.3 is 47.0 Å². The molecule has 0 aliphatic carbocycles. The number of aliphatic hydroxyl groups excluding tert-OH is 2. The number of rotatable bonds is 15. The van der Waals surface area contributed by atoms with E-state index >= 15 is 0 Å². The van der Waals surface area contributed by atoms with Crippen molar-refractivity contribution >= 4 is 29.6 Å². The molecule has 1 aromatic rings. The molecule has 14 nitrogen and oxygen atoms in total. The maximum atomic E-state index is 13.0. The number of carbonyl (C=O) groups is 5. The number of aliphatic carboxylic acids is 1. The van der Waals surface area contributed by atoms with Crippen LogP contribution in [-0.4, -0.2) is 99.5 Å². The van der Waals surface area contributed by atoms with Crippen LogP contribution in [0.2, 0.25) is 0 Å². The molecule has 1 aliphatic rings. The van der Waals surface area contributed by atoms with Gasteiger partial charge in [0.15, 0.2) is 0 Å². The van der Waals surface area contributed by atoms with E-state index < -0.39 is 66.6 Å². The molecule has 0 aromatic heterocycles. The standard InChI is InChI=1S/C27H41N5O9/c1-14(2)11-19(29-23(36)18-5-4-10-28-18)24(37)31-21(13-33)25(38)32-22(15(3)34)26(39)30-20(27(40)41)12-16-6-8-17(35)9-7-16/h6-9,14-15,18-22,28,33-35H,4-5,10-13H2,1-3H3,(H,29,36)(H,30,39)(H,31,37)(H,32,38)(H,40,41)/t15-,18+,19+,20+,21+,22+/m1/s1. The smallest absolute Gasteiger partial charge is 0.326 e. The summed E-state index contributed by atoms with van der Waals surface area (Å²) in [6.07, 6.45) is 0.110. The van der Waals surface area contributed by atoms with E-state index in [1.165, 1.54) is 31.2 Å². The zero-order chi connectivity index (χ0) is 30.7. The molecule has 6 atom stereocenters. The quantitative estimate of drug-likeness (QED) is 0.112. The topological polar surface area (TPSA) is 226 Å². The lowest BCUT2D eigenvalue weighted by atomic mass is 10.0. The number of carboxylic acids is 1. The van der Waals surface area contributed by atoms with Crippen LogP contribution in [0.15, 0.2) is 24.3 Å². The summed E-state index contributed by atoms with van der Waals surface area (Å²) in [5.41, 5.74) is 0.503. The fourth-order valence-electron chi connectivity index (χ4n) is 4.34. The number of hydrogen-bond acceptors (Lipinski definition) is 9. The summed E-state index contributed by atoms with van der Waals surface area (Å²) in [7, 11) is 0. The number of phenols is 1. The number of phenolic OH excluding ortho intramolecular Hbond substituents is 1. The number of aliphatic hydroxyl groups is 2. The third-order valence-corrected chi connectivity index (χ3v) is 6.59. The number of hydrogen-bond donors (Lipinski definition) is 9. The lowest BCUT2D eigenvalue weighted by Crippen LogP contribution is -2.61. The van der Waals surface area contributed by atoms with Crippen LogP contribution in [0.1, 0.15) is 45.6 Å². The third-order valence-electron chi connectivity index (χ3n) is 6.59.